The van der Waals surface area contributed by atoms with Crippen molar-refractivity contribution >= 4 is 21.6 Å². The van der Waals surface area contributed by atoms with Crippen molar-refractivity contribution in [3.05, 3.63) is 52.5 Å². The summed E-state index contributed by atoms with van der Waals surface area (Å²) >= 11 is 3.44. The van der Waals surface area contributed by atoms with Crippen LogP contribution in [0.25, 0.3) is 0 Å². The van der Waals surface area contributed by atoms with Crippen molar-refractivity contribution < 1.29 is 9.47 Å². The fourth-order valence-electron chi connectivity index (χ4n) is 2.20. The molecule has 0 saturated heterocycles. The highest BCUT2D eigenvalue weighted by molar-refractivity contribution is 9.10. The molecule has 0 fully saturated rings. The van der Waals surface area contributed by atoms with Crippen molar-refractivity contribution in [3.8, 4) is 11.5 Å². The lowest BCUT2D eigenvalue weighted by Crippen LogP contribution is -2.22. The number of nitrogen functional groups attached to an aromatic ring is 1. The monoisotopic (exact) mass is 319 g/mol. The summed E-state index contributed by atoms with van der Waals surface area (Å²) < 4.78 is 12.5. The molecule has 2 aromatic carbocycles. The van der Waals surface area contributed by atoms with E-state index in [-0.39, 0.29) is 6.10 Å². The third-order valence-corrected chi connectivity index (χ3v) is 3.75. The quantitative estimate of drug-likeness (QED) is 0.882. The molecule has 1 aliphatic rings. The van der Waals surface area contributed by atoms with E-state index in [0.29, 0.717) is 18.0 Å². The fraction of sp³-hybridized carbons (Fsp3) is 0.200. The van der Waals surface area contributed by atoms with Gasteiger partial charge in [-0.05, 0) is 39.7 Å². The minimum atomic E-state index is 0.0453. The van der Waals surface area contributed by atoms with Crippen LogP contribution in [0.2, 0.25) is 0 Å². The first-order valence-electron chi connectivity index (χ1n) is 6.15. The molecule has 4 heteroatoms. The van der Waals surface area contributed by atoms with Gasteiger partial charge in [0.1, 0.15) is 18.5 Å². The van der Waals surface area contributed by atoms with Gasteiger partial charge in [-0.2, -0.15) is 0 Å². The Morgan fingerprint density at radius 2 is 2.05 bits per heavy atom. The lowest BCUT2D eigenvalue weighted by molar-refractivity contribution is 0.148. The summed E-state index contributed by atoms with van der Waals surface area (Å²) in [6.07, 6.45) is 0.921. The molecule has 3 nitrogen and oxygen atoms in total. The highest BCUT2D eigenvalue weighted by Crippen LogP contribution is 2.33. The van der Waals surface area contributed by atoms with Crippen LogP contribution in [0.1, 0.15) is 5.56 Å². The maximum Gasteiger partial charge on any atom is 0.156 e. The lowest BCUT2D eigenvalue weighted by atomic mass is 10.1. The standard InChI is InChI=1S/C15H14BrNO2/c16-12-5-3-6-13(17)15(12)18-9-11-8-10-4-1-2-7-14(10)19-11/h1-7,11H,8-9,17H2. The van der Waals surface area contributed by atoms with Crippen LogP contribution in [0.4, 0.5) is 5.69 Å². The molecule has 1 unspecified atom stereocenters. The predicted octanol–water partition coefficient (Wildman–Crippen LogP) is 3.41. The van der Waals surface area contributed by atoms with Gasteiger partial charge in [0.25, 0.3) is 0 Å². The van der Waals surface area contributed by atoms with E-state index in [0.717, 1.165) is 16.6 Å². The Balaban J connectivity index is 1.66. The highest BCUT2D eigenvalue weighted by atomic mass is 79.9. The van der Waals surface area contributed by atoms with E-state index < -0.39 is 0 Å². The molecule has 0 bridgehead atoms. The van der Waals surface area contributed by atoms with Crippen LogP contribution in [-0.4, -0.2) is 12.7 Å². The van der Waals surface area contributed by atoms with Crippen molar-refractivity contribution in [1.82, 2.24) is 0 Å². The van der Waals surface area contributed by atoms with Crippen molar-refractivity contribution in [1.29, 1.82) is 0 Å². The van der Waals surface area contributed by atoms with Gasteiger partial charge >= 0.3 is 0 Å². The summed E-state index contributed by atoms with van der Waals surface area (Å²) in [4.78, 5) is 0. The molecule has 0 saturated carbocycles. The number of halogens is 1. The topological polar surface area (TPSA) is 44.5 Å². The Kier molecular flexibility index (Phi) is 3.34. The van der Waals surface area contributed by atoms with Gasteiger partial charge in [0, 0.05) is 6.42 Å². The Labute approximate surface area is 120 Å². The number of hydrogen-bond acceptors (Lipinski definition) is 3. The zero-order valence-electron chi connectivity index (χ0n) is 10.3. The number of anilines is 1. The summed E-state index contributed by atoms with van der Waals surface area (Å²) in [5.41, 5.74) is 7.76. The first kappa shape index (κ1) is 12.4. The summed E-state index contributed by atoms with van der Waals surface area (Å²) in [5, 5.41) is 0. The number of hydrogen-bond donors (Lipinski definition) is 1. The Bertz CT molecular complexity index is 555. The molecule has 3 rings (SSSR count). The molecule has 98 valence electrons. The molecule has 19 heavy (non-hydrogen) atoms. The number of para-hydroxylation sites is 2. The molecular weight excluding hydrogens is 306 g/mol. The molecule has 0 amide bonds. The van der Waals surface area contributed by atoms with Crippen LogP contribution in [0.5, 0.6) is 11.5 Å². The number of nitrogens with two attached hydrogens (primary N) is 1. The van der Waals surface area contributed by atoms with Crippen LogP contribution in [0.15, 0.2) is 46.9 Å². The van der Waals surface area contributed by atoms with Gasteiger partial charge < -0.3 is 15.2 Å². The van der Waals surface area contributed by atoms with E-state index >= 15 is 0 Å². The molecule has 1 heterocycles. The zero-order valence-corrected chi connectivity index (χ0v) is 11.9. The van der Waals surface area contributed by atoms with Crippen LogP contribution >= 0.6 is 15.9 Å². The van der Waals surface area contributed by atoms with E-state index in [2.05, 4.69) is 22.0 Å². The molecule has 2 N–H and O–H groups in total. The number of rotatable bonds is 3. The predicted molar refractivity (Wildman–Crippen MR) is 78.6 cm³/mol. The summed E-state index contributed by atoms with van der Waals surface area (Å²) in [5.74, 6) is 1.64. The first-order chi connectivity index (χ1) is 9.24. The van der Waals surface area contributed by atoms with E-state index in [1.165, 1.54) is 5.56 Å². The van der Waals surface area contributed by atoms with E-state index in [4.69, 9.17) is 15.2 Å². The SMILES string of the molecule is Nc1cccc(Br)c1OCC1Cc2ccccc2O1. The zero-order chi connectivity index (χ0) is 13.2. The Hall–Kier alpha value is -1.68. The Morgan fingerprint density at radius 1 is 1.21 bits per heavy atom. The third-order valence-electron chi connectivity index (χ3n) is 3.12. The average molecular weight is 320 g/mol. The van der Waals surface area contributed by atoms with Crippen molar-refractivity contribution in [2.45, 2.75) is 12.5 Å². The summed E-state index contributed by atoms with van der Waals surface area (Å²) in [6.45, 7) is 0.488. The molecular formula is C15H14BrNO2. The minimum absolute atomic E-state index is 0.0453. The molecule has 1 aliphatic heterocycles. The van der Waals surface area contributed by atoms with Crippen LogP contribution in [0, 0.1) is 0 Å². The van der Waals surface area contributed by atoms with Gasteiger partial charge in [0.15, 0.2) is 5.75 Å². The first-order valence-corrected chi connectivity index (χ1v) is 6.94. The fourth-order valence-corrected chi connectivity index (χ4v) is 2.70. The smallest absolute Gasteiger partial charge is 0.156 e. The van der Waals surface area contributed by atoms with Gasteiger partial charge in [-0.1, -0.05) is 24.3 Å². The third kappa shape index (κ3) is 2.54. The van der Waals surface area contributed by atoms with Crippen LogP contribution < -0.4 is 15.2 Å². The highest BCUT2D eigenvalue weighted by Gasteiger charge is 2.23. The second kappa shape index (κ2) is 5.13. The van der Waals surface area contributed by atoms with Crippen molar-refractivity contribution in [2.24, 2.45) is 0 Å². The molecule has 1 atom stereocenters. The normalized spacial score (nSPS) is 16.8. The molecule has 2 aromatic rings. The van der Waals surface area contributed by atoms with Gasteiger partial charge in [0.2, 0.25) is 0 Å². The van der Waals surface area contributed by atoms with Gasteiger partial charge in [-0.25, -0.2) is 0 Å². The van der Waals surface area contributed by atoms with Crippen LogP contribution in [0.3, 0.4) is 0 Å². The van der Waals surface area contributed by atoms with Gasteiger partial charge in [-0.3, -0.25) is 0 Å². The van der Waals surface area contributed by atoms with Crippen molar-refractivity contribution in [2.75, 3.05) is 12.3 Å². The van der Waals surface area contributed by atoms with E-state index in [1.807, 2.05) is 36.4 Å². The Morgan fingerprint density at radius 3 is 2.84 bits per heavy atom. The van der Waals surface area contributed by atoms with Crippen molar-refractivity contribution in [3.63, 3.8) is 0 Å². The maximum absolute atomic E-state index is 5.89. The summed E-state index contributed by atoms with van der Waals surface area (Å²) in [7, 11) is 0. The van der Waals surface area contributed by atoms with E-state index in [1.54, 1.807) is 0 Å². The lowest BCUT2D eigenvalue weighted by Gasteiger charge is -2.14. The minimum Gasteiger partial charge on any atom is -0.486 e. The largest absolute Gasteiger partial charge is 0.486 e. The second-order valence-electron chi connectivity index (χ2n) is 4.52. The molecule has 0 aliphatic carbocycles. The number of fused-ring (bicyclic) bond motifs is 1. The summed E-state index contributed by atoms with van der Waals surface area (Å²) in [6, 6.07) is 13.7. The molecule has 0 spiro atoms. The van der Waals surface area contributed by atoms with Gasteiger partial charge in [0.05, 0.1) is 10.2 Å². The molecule has 0 radical (unpaired) electrons. The second-order valence-corrected chi connectivity index (χ2v) is 5.38. The molecule has 0 aromatic heterocycles. The van der Waals surface area contributed by atoms with Crippen LogP contribution in [-0.2, 0) is 6.42 Å². The number of benzene rings is 2. The van der Waals surface area contributed by atoms with Gasteiger partial charge in [-0.15, -0.1) is 0 Å². The maximum atomic E-state index is 5.89. The average Bonchev–Trinajstić information content (AvgIpc) is 2.81. The number of ether oxygens (including phenoxy) is 2. The van der Waals surface area contributed by atoms with E-state index in [9.17, 15) is 0 Å².